The van der Waals surface area contributed by atoms with Gasteiger partial charge in [0.1, 0.15) is 6.54 Å². The maximum Gasteiger partial charge on any atom is 0.275 e. The van der Waals surface area contributed by atoms with Gasteiger partial charge in [0, 0.05) is 11.6 Å². The van der Waals surface area contributed by atoms with Crippen LogP contribution in [0.4, 0.5) is 0 Å². The number of amides is 1. The molecular weight excluding hydrogens is 248 g/mol. The third-order valence-corrected chi connectivity index (χ3v) is 3.73. The zero-order chi connectivity index (χ0) is 14.8. The topological polar surface area (TPSA) is 33.5 Å². The van der Waals surface area contributed by atoms with E-state index in [0.717, 1.165) is 19.4 Å². The number of nitrogens with one attached hydrogen (secondary N) is 2. The Hall–Kier alpha value is -1.35. The predicted molar refractivity (Wildman–Crippen MR) is 81.8 cm³/mol. The normalized spacial score (nSPS) is 16.8. The van der Waals surface area contributed by atoms with Crippen molar-refractivity contribution in [1.29, 1.82) is 0 Å². The van der Waals surface area contributed by atoms with Gasteiger partial charge in [0.25, 0.3) is 5.91 Å². The van der Waals surface area contributed by atoms with Crippen LogP contribution in [0.3, 0.4) is 0 Å². The lowest BCUT2D eigenvalue weighted by Gasteiger charge is -2.19. The van der Waals surface area contributed by atoms with Gasteiger partial charge in [-0.1, -0.05) is 45.0 Å². The standard InChI is InChI=1S/C17H26N2O/c1-17(2,3)14-7-5-13(6-8-14)11-19(4)12-16(20)18-15-9-10-15/h5-8,15H,9-12H2,1-4H3,(H,18,20)/p+1. The number of rotatable bonds is 5. The van der Waals surface area contributed by atoms with Gasteiger partial charge in [-0.15, -0.1) is 0 Å². The van der Waals surface area contributed by atoms with Crippen LogP contribution in [0.15, 0.2) is 24.3 Å². The Morgan fingerprint density at radius 1 is 1.25 bits per heavy atom. The van der Waals surface area contributed by atoms with E-state index < -0.39 is 0 Å². The van der Waals surface area contributed by atoms with E-state index in [2.05, 4.69) is 57.4 Å². The Labute approximate surface area is 122 Å². The fourth-order valence-electron chi connectivity index (χ4n) is 2.31. The highest BCUT2D eigenvalue weighted by atomic mass is 16.2. The maximum absolute atomic E-state index is 11.7. The Balaban J connectivity index is 1.84. The summed E-state index contributed by atoms with van der Waals surface area (Å²) >= 11 is 0. The SMILES string of the molecule is C[NH+](CC(=O)NC1CC1)Cc1ccc(C(C)(C)C)cc1. The summed E-state index contributed by atoms with van der Waals surface area (Å²) in [6, 6.07) is 9.23. The van der Waals surface area contributed by atoms with Crippen molar-refractivity contribution >= 4 is 5.91 Å². The molecule has 1 atom stereocenters. The Bertz CT molecular complexity index is 455. The number of quaternary nitrogens is 1. The monoisotopic (exact) mass is 275 g/mol. The lowest BCUT2D eigenvalue weighted by atomic mass is 9.87. The van der Waals surface area contributed by atoms with Gasteiger partial charge < -0.3 is 10.2 Å². The first-order valence-corrected chi connectivity index (χ1v) is 7.54. The average Bonchev–Trinajstić information content (AvgIpc) is 3.11. The summed E-state index contributed by atoms with van der Waals surface area (Å²) < 4.78 is 0. The molecule has 0 heterocycles. The second kappa shape index (κ2) is 5.96. The molecule has 1 amide bonds. The van der Waals surface area contributed by atoms with Crippen LogP contribution in [0.1, 0.15) is 44.7 Å². The number of hydrogen-bond donors (Lipinski definition) is 2. The van der Waals surface area contributed by atoms with Crippen molar-refractivity contribution in [2.75, 3.05) is 13.6 Å². The molecule has 0 radical (unpaired) electrons. The number of carbonyl (C=O) groups is 1. The quantitative estimate of drug-likeness (QED) is 0.834. The van der Waals surface area contributed by atoms with Crippen molar-refractivity contribution < 1.29 is 9.69 Å². The predicted octanol–water partition coefficient (Wildman–Crippen LogP) is 1.28. The molecule has 2 rings (SSSR count). The van der Waals surface area contributed by atoms with Crippen LogP contribution in [0.25, 0.3) is 0 Å². The molecule has 1 saturated carbocycles. The molecule has 1 fully saturated rings. The number of likely N-dealkylation sites (N-methyl/N-ethyl adjacent to an activating group) is 1. The van der Waals surface area contributed by atoms with E-state index in [1.165, 1.54) is 16.0 Å². The number of hydrogen-bond acceptors (Lipinski definition) is 1. The van der Waals surface area contributed by atoms with E-state index in [1.54, 1.807) is 0 Å². The summed E-state index contributed by atoms with van der Waals surface area (Å²) in [5.41, 5.74) is 2.83. The Morgan fingerprint density at radius 3 is 2.35 bits per heavy atom. The summed E-state index contributed by atoms with van der Waals surface area (Å²) in [6.45, 7) is 8.12. The van der Waals surface area contributed by atoms with Crippen molar-refractivity contribution in [2.24, 2.45) is 0 Å². The largest absolute Gasteiger partial charge is 0.348 e. The van der Waals surface area contributed by atoms with Crippen LogP contribution in [-0.2, 0) is 16.8 Å². The fourth-order valence-corrected chi connectivity index (χ4v) is 2.31. The molecular formula is C17H27N2O+. The summed E-state index contributed by atoms with van der Waals surface area (Å²) in [6.07, 6.45) is 2.30. The second-order valence-corrected chi connectivity index (χ2v) is 7.10. The number of carbonyl (C=O) groups excluding carboxylic acids is 1. The van der Waals surface area contributed by atoms with Crippen molar-refractivity contribution in [1.82, 2.24) is 5.32 Å². The second-order valence-electron chi connectivity index (χ2n) is 7.10. The van der Waals surface area contributed by atoms with Gasteiger partial charge in [-0.2, -0.15) is 0 Å². The fraction of sp³-hybridized carbons (Fsp3) is 0.588. The van der Waals surface area contributed by atoms with Crippen LogP contribution in [0.2, 0.25) is 0 Å². The maximum atomic E-state index is 11.7. The zero-order valence-electron chi connectivity index (χ0n) is 13.1. The zero-order valence-corrected chi connectivity index (χ0v) is 13.1. The minimum atomic E-state index is 0.177. The van der Waals surface area contributed by atoms with Crippen LogP contribution >= 0.6 is 0 Å². The average molecular weight is 275 g/mol. The molecule has 110 valence electrons. The van der Waals surface area contributed by atoms with E-state index in [9.17, 15) is 4.79 Å². The summed E-state index contributed by atoms with van der Waals surface area (Å²) in [4.78, 5) is 13.0. The molecule has 1 unspecified atom stereocenters. The summed E-state index contributed by atoms with van der Waals surface area (Å²) in [5.74, 6) is 0.177. The van der Waals surface area contributed by atoms with Gasteiger partial charge in [-0.3, -0.25) is 4.79 Å². The smallest absolute Gasteiger partial charge is 0.275 e. The molecule has 3 nitrogen and oxygen atoms in total. The first-order chi connectivity index (χ1) is 9.34. The molecule has 3 heteroatoms. The molecule has 1 aromatic carbocycles. The molecule has 0 saturated heterocycles. The third kappa shape index (κ3) is 4.64. The van der Waals surface area contributed by atoms with Crippen LogP contribution in [-0.4, -0.2) is 25.5 Å². The summed E-state index contributed by atoms with van der Waals surface area (Å²) in [7, 11) is 2.07. The molecule has 1 aliphatic rings. The van der Waals surface area contributed by atoms with Crippen molar-refractivity contribution in [2.45, 2.75) is 51.6 Å². The first-order valence-electron chi connectivity index (χ1n) is 7.54. The van der Waals surface area contributed by atoms with Gasteiger partial charge in [0.2, 0.25) is 0 Å². The van der Waals surface area contributed by atoms with Gasteiger partial charge in [-0.05, 0) is 23.8 Å². The highest BCUT2D eigenvalue weighted by molar-refractivity contribution is 5.77. The Kier molecular flexibility index (Phi) is 4.48. The van der Waals surface area contributed by atoms with Gasteiger partial charge >= 0.3 is 0 Å². The molecule has 20 heavy (non-hydrogen) atoms. The minimum absolute atomic E-state index is 0.177. The van der Waals surface area contributed by atoms with E-state index in [0.29, 0.717) is 12.6 Å². The molecule has 0 aliphatic heterocycles. The lowest BCUT2D eigenvalue weighted by Crippen LogP contribution is -3.08. The summed E-state index contributed by atoms with van der Waals surface area (Å²) in [5, 5.41) is 3.04. The molecule has 0 bridgehead atoms. The molecule has 0 spiro atoms. The minimum Gasteiger partial charge on any atom is -0.348 e. The number of benzene rings is 1. The van der Waals surface area contributed by atoms with Crippen molar-refractivity contribution in [3.8, 4) is 0 Å². The van der Waals surface area contributed by atoms with Crippen LogP contribution in [0, 0.1) is 0 Å². The van der Waals surface area contributed by atoms with Crippen LogP contribution in [0.5, 0.6) is 0 Å². The van der Waals surface area contributed by atoms with Crippen LogP contribution < -0.4 is 10.2 Å². The van der Waals surface area contributed by atoms with Gasteiger partial charge in [0.15, 0.2) is 6.54 Å². The highest BCUT2D eigenvalue weighted by Gasteiger charge is 2.24. The third-order valence-electron chi connectivity index (χ3n) is 3.73. The van der Waals surface area contributed by atoms with E-state index >= 15 is 0 Å². The molecule has 1 aromatic rings. The van der Waals surface area contributed by atoms with Gasteiger partial charge in [-0.25, -0.2) is 0 Å². The van der Waals surface area contributed by atoms with Gasteiger partial charge in [0.05, 0.1) is 7.05 Å². The first kappa shape index (κ1) is 15.0. The highest BCUT2D eigenvalue weighted by Crippen LogP contribution is 2.22. The molecule has 2 N–H and O–H groups in total. The van der Waals surface area contributed by atoms with Crippen molar-refractivity contribution in [3.63, 3.8) is 0 Å². The molecule has 0 aromatic heterocycles. The Morgan fingerprint density at radius 2 is 1.85 bits per heavy atom. The van der Waals surface area contributed by atoms with Crippen molar-refractivity contribution in [3.05, 3.63) is 35.4 Å². The van der Waals surface area contributed by atoms with E-state index in [4.69, 9.17) is 0 Å². The molecule has 1 aliphatic carbocycles. The lowest BCUT2D eigenvalue weighted by molar-refractivity contribution is -0.885. The van der Waals surface area contributed by atoms with E-state index in [1.807, 2.05) is 0 Å². The van der Waals surface area contributed by atoms with E-state index in [-0.39, 0.29) is 11.3 Å².